The van der Waals surface area contributed by atoms with Gasteiger partial charge in [0, 0.05) is 0 Å². The molecule has 0 N–H and O–H groups in total. The Morgan fingerprint density at radius 1 is 1.17 bits per heavy atom. The van der Waals surface area contributed by atoms with E-state index in [2.05, 4.69) is 0 Å². The molecule has 0 heterocycles. The number of halogens is 1. The molecule has 0 saturated heterocycles. The second-order valence-electron chi connectivity index (χ2n) is 2.17. The molecule has 0 saturated carbocycles. The fourth-order valence-corrected chi connectivity index (χ4v) is 1.36. The first-order chi connectivity index (χ1) is 5.08. The molecule has 0 radical (unpaired) electrons. The van der Waals surface area contributed by atoms with E-state index in [4.69, 9.17) is 0 Å². The molecular formula is C7H8FNaO2S. The summed E-state index contributed by atoms with van der Waals surface area (Å²) in [6, 6.07) is 8.21. The van der Waals surface area contributed by atoms with Crippen molar-refractivity contribution in [3.8, 4) is 0 Å². The van der Waals surface area contributed by atoms with Crippen LogP contribution in [0.1, 0.15) is 5.56 Å². The number of rotatable bonds is 2. The summed E-state index contributed by atoms with van der Waals surface area (Å²) in [4.78, 5) is 0. The third-order valence-electron chi connectivity index (χ3n) is 1.18. The summed E-state index contributed by atoms with van der Waals surface area (Å²) in [5.74, 6) is -0.534. The Labute approximate surface area is 93.3 Å². The summed E-state index contributed by atoms with van der Waals surface area (Å²) in [7, 11) is -4.38. The van der Waals surface area contributed by atoms with Gasteiger partial charge in [-0.3, -0.25) is 0 Å². The number of benzene rings is 1. The molecule has 5 heteroatoms. The molecule has 0 atom stereocenters. The van der Waals surface area contributed by atoms with E-state index in [0.717, 1.165) is 0 Å². The normalized spacial score (nSPS) is 10.4. The average Bonchev–Trinajstić information content (AvgIpc) is 1.85. The topological polar surface area (TPSA) is 34.1 Å². The Morgan fingerprint density at radius 3 is 2.08 bits per heavy atom. The molecule has 0 bridgehead atoms. The predicted octanol–water partition coefficient (Wildman–Crippen LogP) is 0.837. The van der Waals surface area contributed by atoms with Gasteiger partial charge in [-0.2, -0.15) is 8.42 Å². The van der Waals surface area contributed by atoms with Gasteiger partial charge in [-0.15, -0.1) is 3.89 Å². The van der Waals surface area contributed by atoms with E-state index < -0.39 is 16.0 Å². The molecule has 1 rings (SSSR count). The molecule has 0 aromatic heterocycles. The van der Waals surface area contributed by atoms with Gasteiger partial charge in [0.25, 0.3) is 0 Å². The Balaban J connectivity index is 0.00000121. The molecule has 0 fully saturated rings. The van der Waals surface area contributed by atoms with E-state index in [1.165, 1.54) is 0 Å². The summed E-state index contributed by atoms with van der Waals surface area (Å²) in [5, 5.41) is 0. The first-order valence-electron chi connectivity index (χ1n) is 3.04. The zero-order valence-electron chi connectivity index (χ0n) is 5.70. The van der Waals surface area contributed by atoms with Gasteiger partial charge >= 0.3 is 39.8 Å². The van der Waals surface area contributed by atoms with Crippen LogP contribution in [0.25, 0.3) is 0 Å². The Kier molecular flexibility index (Phi) is 5.01. The summed E-state index contributed by atoms with van der Waals surface area (Å²) in [5.41, 5.74) is 0.468. The van der Waals surface area contributed by atoms with E-state index in [1.807, 2.05) is 0 Å². The SMILES string of the molecule is O=S(=O)(F)Cc1ccccc1.[NaH]. The average molecular weight is 198 g/mol. The predicted molar refractivity (Wildman–Crippen MR) is 47.3 cm³/mol. The second kappa shape index (κ2) is 4.97. The van der Waals surface area contributed by atoms with E-state index >= 15 is 0 Å². The van der Waals surface area contributed by atoms with Crippen molar-refractivity contribution in [2.24, 2.45) is 0 Å². The fourth-order valence-electron chi connectivity index (χ4n) is 0.773. The van der Waals surface area contributed by atoms with Gasteiger partial charge in [0.15, 0.2) is 0 Å². The summed E-state index contributed by atoms with van der Waals surface area (Å²) in [6.07, 6.45) is 0. The standard InChI is InChI=1S/C7H7FO2S.Na.H/c8-11(9,10)6-7-4-2-1-3-5-7;;/h1-5H,6H2;;. The van der Waals surface area contributed by atoms with Crippen molar-refractivity contribution in [1.82, 2.24) is 0 Å². The molecule has 0 aliphatic carbocycles. The van der Waals surface area contributed by atoms with Crippen LogP contribution >= 0.6 is 0 Å². The van der Waals surface area contributed by atoms with Crippen molar-refractivity contribution in [2.45, 2.75) is 5.75 Å². The van der Waals surface area contributed by atoms with Crippen LogP contribution in [-0.4, -0.2) is 38.0 Å². The van der Waals surface area contributed by atoms with E-state index in [0.29, 0.717) is 5.56 Å². The first kappa shape index (κ1) is 12.1. The maximum absolute atomic E-state index is 12.0. The number of hydrogen-bond acceptors (Lipinski definition) is 2. The monoisotopic (exact) mass is 198 g/mol. The minimum absolute atomic E-state index is 0. The molecule has 0 aliphatic heterocycles. The molecule has 2 nitrogen and oxygen atoms in total. The molecule has 0 unspecified atom stereocenters. The molecule has 0 spiro atoms. The van der Waals surface area contributed by atoms with Crippen LogP contribution in [0.15, 0.2) is 30.3 Å². The molecular weight excluding hydrogens is 190 g/mol. The summed E-state index contributed by atoms with van der Waals surface area (Å²) < 4.78 is 32.3. The number of hydrogen-bond donors (Lipinski definition) is 0. The van der Waals surface area contributed by atoms with Crippen LogP contribution in [-0.2, 0) is 16.0 Å². The van der Waals surface area contributed by atoms with Gasteiger partial charge in [0.05, 0.1) is 0 Å². The quantitative estimate of drug-likeness (QED) is 0.521. The van der Waals surface area contributed by atoms with E-state index in [-0.39, 0.29) is 29.6 Å². The van der Waals surface area contributed by atoms with Crippen LogP contribution in [0.4, 0.5) is 3.89 Å². The molecule has 0 aliphatic rings. The van der Waals surface area contributed by atoms with Gasteiger partial charge in [0.1, 0.15) is 5.75 Å². The van der Waals surface area contributed by atoms with Crippen molar-refractivity contribution in [2.75, 3.05) is 0 Å². The summed E-state index contributed by atoms with van der Waals surface area (Å²) >= 11 is 0. The van der Waals surface area contributed by atoms with Gasteiger partial charge in [-0.05, 0) is 5.56 Å². The zero-order valence-corrected chi connectivity index (χ0v) is 6.51. The van der Waals surface area contributed by atoms with Crippen LogP contribution < -0.4 is 0 Å². The first-order valence-corrected chi connectivity index (χ1v) is 4.59. The van der Waals surface area contributed by atoms with Crippen LogP contribution in [0.3, 0.4) is 0 Å². The van der Waals surface area contributed by atoms with Crippen LogP contribution in [0, 0.1) is 0 Å². The van der Waals surface area contributed by atoms with Crippen molar-refractivity contribution >= 4 is 39.8 Å². The maximum atomic E-state index is 12.0. The van der Waals surface area contributed by atoms with Crippen molar-refractivity contribution in [3.05, 3.63) is 35.9 Å². The Morgan fingerprint density at radius 2 is 1.67 bits per heavy atom. The molecule has 1 aromatic carbocycles. The van der Waals surface area contributed by atoms with Crippen molar-refractivity contribution in [1.29, 1.82) is 0 Å². The third-order valence-corrected chi connectivity index (χ3v) is 1.86. The zero-order chi connectivity index (χ0) is 8.32. The third kappa shape index (κ3) is 4.87. The van der Waals surface area contributed by atoms with E-state index in [9.17, 15) is 12.3 Å². The van der Waals surface area contributed by atoms with Crippen molar-refractivity contribution < 1.29 is 12.3 Å². The van der Waals surface area contributed by atoms with Gasteiger partial charge in [0.2, 0.25) is 0 Å². The summed E-state index contributed by atoms with van der Waals surface area (Å²) in [6.45, 7) is 0. The van der Waals surface area contributed by atoms with Crippen LogP contribution in [0.2, 0.25) is 0 Å². The minimum atomic E-state index is -4.38. The second-order valence-corrected chi connectivity index (χ2v) is 3.54. The molecule has 0 amide bonds. The van der Waals surface area contributed by atoms with Gasteiger partial charge in [-0.1, -0.05) is 30.3 Å². The van der Waals surface area contributed by atoms with Crippen molar-refractivity contribution in [3.63, 3.8) is 0 Å². The van der Waals surface area contributed by atoms with Crippen LogP contribution in [0.5, 0.6) is 0 Å². The molecule has 1 aromatic rings. The van der Waals surface area contributed by atoms with Gasteiger partial charge < -0.3 is 0 Å². The molecule has 12 heavy (non-hydrogen) atoms. The fraction of sp³-hybridized carbons (Fsp3) is 0.143. The van der Waals surface area contributed by atoms with E-state index in [1.54, 1.807) is 30.3 Å². The Hall–Kier alpha value is 0.100. The van der Waals surface area contributed by atoms with Gasteiger partial charge in [-0.25, -0.2) is 0 Å². The Bertz CT molecular complexity index is 323. The molecule has 62 valence electrons.